The molecule has 1 fully saturated rings. The van der Waals surface area contributed by atoms with E-state index in [4.69, 9.17) is 9.47 Å². The molecule has 90 valence electrons. The van der Waals surface area contributed by atoms with Crippen LogP contribution in [0.1, 0.15) is 30.4 Å². The molecule has 1 aliphatic rings. The minimum absolute atomic E-state index is 0.0458. The lowest BCUT2D eigenvalue weighted by Crippen LogP contribution is -2.22. The van der Waals surface area contributed by atoms with E-state index in [0.29, 0.717) is 6.61 Å². The van der Waals surface area contributed by atoms with Crippen LogP contribution in [-0.2, 0) is 9.47 Å². The molecule has 0 amide bonds. The lowest BCUT2D eigenvalue weighted by atomic mass is 10.1. The van der Waals surface area contributed by atoms with Crippen LogP contribution in [-0.4, -0.2) is 19.5 Å². The quantitative estimate of drug-likeness (QED) is 0.727. The molecule has 1 heterocycles. The first-order chi connectivity index (χ1) is 8.34. The maximum absolute atomic E-state index is 5.54. The molecule has 17 heavy (non-hydrogen) atoms. The SMILES string of the molecule is Cc1cccc(C#CCOC2CCCCO2)c1. The first kappa shape index (κ1) is 12.2. The fraction of sp³-hybridized carbons (Fsp3) is 0.467. The van der Waals surface area contributed by atoms with Gasteiger partial charge in [0.15, 0.2) is 6.29 Å². The highest BCUT2D eigenvalue weighted by molar-refractivity contribution is 5.36. The van der Waals surface area contributed by atoms with Gasteiger partial charge in [0.2, 0.25) is 0 Å². The third-order valence-electron chi connectivity index (χ3n) is 2.73. The van der Waals surface area contributed by atoms with Crippen LogP contribution in [0, 0.1) is 18.8 Å². The highest BCUT2D eigenvalue weighted by Gasteiger charge is 2.12. The average Bonchev–Trinajstić information content (AvgIpc) is 2.36. The molecular formula is C15H18O2. The maximum atomic E-state index is 5.54. The molecule has 1 unspecified atom stereocenters. The number of benzene rings is 1. The summed E-state index contributed by atoms with van der Waals surface area (Å²) in [6.45, 7) is 3.33. The fourth-order valence-corrected chi connectivity index (χ4v) is 1.84. The van der Waals surface area contributed by atoms with Crippen LogP contribution in [0.5, 0.6) is 0 Å². The Balaban J connectivity index is 1.78. The second-order valence-electron chi connectivity index (χ2n) is 4.28. The molecule has 1 aromatic carbocycles. The molecule has 1 aliphatic heterocycles. The van der Waals surface area contributed by atoms with E-state index in [1.807, 2.05) is 12.1 Å². The van der Waals surface area contributed by atoms with E-state index in [1.54, 1.807) is 0 Å². The van der Waals surface area contributed by atoms with E-state index in [9.17, 15) is 0 Å². The minimum Gasteiger partial charge on any atom is -0.353 e. The Morgan fingerprint density at radius 1 is 1.41 bits per heavy atom. The number of ether oxygens (including phenoxy) is 2. The third kappa shape index (κ3) is 4.22. The summed E-state index contributed by atoms with van der Waals surface area (Å²) >= 11 is 0. The van der Waals surface area contributed by atoms with Crippen LogP contribution in [0.25, 0.3) is 0 Å². The van der Waals surface area contributed by atoms with Gasteiger partial charge in [0.25, 0.3) is 0 Å². The molecule has 0 bridgehead atoms. The zero-order chi connectivity index (χ0) is 11.9. The Morgan fingerprint density at radius 3 is 3.12 bits per heavy atom. The van der Waals surface area contributed by atoms with E-state index in [0.717, 1.165) is 25.0 Å². The lowest BCUT2D eigenvalue weighted by molar-refractivity contribution is -0.154. The second-order valence-corrected chi connectivity index (χ2v) is 4.28. The molecule has 0 aromatic heterocycles. The minimum atomic E-state index is -0.0458. The Kier molecular flexibility index (Phi) is 4.61. The molecule has 0 aliphatic carbocycles. The maximum Gasteiger partial charge on any atom is 0.158 e. The van der Waals surface area contributed by atoms with Gasteiger partial charge in [0.1, 0.15) is 6.61 Å². The summed E-state index contributed by atoms with van der Waals surface area (Å²) < 4.78 is 11.0. The third-order valence-corrected chi connectivity index (χ3v) is 2.73. The van der Waals surface area contributed by atoms with Gasteiger partial charge in [-0.15, -0.1) is 0 Å². The van der Waals surface area contributed by atoms with Crippen LogP contribution in [0.2, 0.25) is 0 Å². The van der Waals surface area contributed by atoms with Crippen LogP contribution in [0.15, 0.2) is 24.3 Å². The molecule has 2 rings (SSSR count). The van der Waals surface area contributed by atoms with Gasteiger partial charge in [-0.3, -0.25) is 0 Å². The van der Waals surface area contributed by atoms with Crippen molar-refractivity contribution in [2.75, 3.05) is 13.2 Å². The number of hydrogen-bond donors (Lipinski definition) is 0. The zero-order valence-electron chi connectivity index (χ0n) is 10.2. The van der Waals surface area contributed by atoms with E-state index < -0.39 is 0 Å². The first-order valence-electron chi connectivity index (χ1n) is 6.13. The number of aryl methyl sites for hydroxylation is 1. The van der Waals surface area contributed by atoms with Gasteiger partial charge in [-0.2, -0.15) is 0 Å². The molecule has 2 nitrogen and oxygen atoms in total. The molecule has 0 spiro atoms. The van der Waals surface area contributed by atoms with Crippen molar-refractivity contribution in [2.24, 2.45) is 0 Å². The van der Waals surface area contributed by atoms with Crippen molar-refractivity contribution in [1.29, 1.82) is 0 Å². The standard InChI is InChI=1S/C15H18O2/c1-13-6-4-7-14(12-13)8-5-11-17-15-9-2-3-10-16-15/h4,6-7,12,15H,2-3,9-11H2,1H3. The van der Waals surface area contributed by atoms with Gasteiger partial charge in [-0.1, -0.05) is 24.0 Å². The Bertz CT molecular complexity index is 408. The normalized spacial score (nSPS) is 19.5. The van der Waals surface area contributed by atoms with Crippen molar-refractivity contribution in [3.63, 3.8) is 0 Å². The molecule has 0 N–H and O–H groups in total. The number of rotatable bonds is 2. The van der Waals surface area contributed by atoms with Gasteiger partial charge in [0, 0.05) is 12.2 Å². The highest BCUT2D eigenvalue weighted by Crippen LogP contribution is 2.13. The summed E-state index contributed by atoms with van der Waals surface area (Å²) in [7, 11) is 0. The van der Waals surface area contributed by atoms with Crippen LogP contribution >= 0.6 is 0 Å². The van der Waals surface area contributed by atoms with Crippen molar-refractivity contribution in [2.45, 2.75) is 32.5 Å². The van der Waals surface area contributed by atoms with Gasteiger partial charge in [0.05, 0.1) is 0 Å². The van der Waals surface area contributed by atoms with Crippen molar-refractivity contribution < 1.29 is 9.47 Å². The molecular weight excluding hydrogens is 212 g/mol. The van der Waals surface area contributed by atoms with Gasteiger partial charge >= 0.3 is 0 Å². The zero-order valence-corrected chi connectivity index (χ0v) is 10.2. The summed E-state index contributed by atoms with van der Waals surface area (Å²) in [5.41, 5.74) is 2.27. The van der Waals surface area contributed by atoms with Crippen LogP contribution < -0.4 is 0 Å². The first-order valence-corrected chi connectivity index (χ1v) is 6.13. The van der Waals surface area contributed by atoms with Gasteiger partial charge in [-0.25, -0.2) is 0 Å². The largest absolute Gasteiger partial charge is 0.353 e. The summed E-state index contributed by atoms with van der Waals surface area (Å²) in [6.07, 6.45) is 3.28. The molecule has 1 aromatic rings. The second kappa shape index (κ2) is 6.44. The monoisotopic (exact) mass is 230 g/mol. The summed E-state index contributed by atoms with van der Waals surface area (Å²) in [5.74, 6) is 6.12. The van der Waals surface area contributed by atoms with Crippen molar-refractivity contribution in [3.05, 3.63) is 35.4 Å². The Hall–Kier alpha value is -1.30. The van der Waals surface area contributed by atoms with Crippen molar-refractivity contribution in [3.8, 4) is 11.8 Å². The van der Waals surface area contributed by atoms with Crippen LogP contribution in [0.4, 0.5) is 0 Å². The van der Waals surface area contributed by atoms with E-state index >= 15 is 0 Å². The highest BCUT2D eigenvalue weighted by atomic mass is 16.7. The van der Waals surface area contributed by atoms with Crippen molar-refractivity contribution >= 4 is 0 Å². The van der Waals surface area contributed by atoms with Gasteiger partial charge < -0.3 is 9.47 Å². The predicted octanol–water partition coefficient (Wildman–Crippen LogP) is 2.89. The topological polar surface area (TPSA) is 18.5 Å². The Labute approximate surface area is 103 Å². The molecule has 0 saturated carbocycles. The molecule has 1 atom stereocenters. The summed E-state index contributed by atoms with van der Waals surface area (Å²) in [5, 5.41) is 0. The summed E-state index contributed by atoms with van der Waals surface area (Å²) in [4.78, 5) is 0. The van der Waals surface area contributed by atoms with Gasteiger partial charge in [-0.05, 0) is 43.9 Å². The molecule has 0 radical (unpaired) electrons. The lowest BCUT2D eigenvalue weighted by Gasteiger charge is -2.21. The van der Waals surface area contributed by atoms with E-state index in [2.05, 4.69) is 30.9 Å². The average molecular weight is 230 g/mol. The fourth-order valence-electron chi connectivity index (χ4n) is 1.84. The predicted molar refractivity (Wildman–Crippen MR) is 67.6 cm³/mol. The van der Waals surface area contributed by atoms with E-state index in [1.165, 1.54) is 12.0 Å². The van der Waals surface area contributed by atoms with Crippen molar-refractivity contribution in [1.82, 2.24) is 0 Å². The Morgan fingerprint density at radius 2 is 2.35 bits per heavy atom. The smallest absolute Gasteiger partial charge is 0.158 e. The molecule has 1 saturated heterocycles. The summed E-state index contributed by atoms with van der Waals surface area (Å²) in [6, 6.07) is 8.17. The van der Waals surface area contributed by atoms with Crippen LogP contribution in [0.3, 0.4) is 0 Å². The van der Waals surface area contributed by atoms with E-state index in [-0.39, 0.29) is 6.29 Å². The molecule has 2 heteroatoms. The number of hydrogen-bond acceptors (Lipinski definition) is 2.